The van der Waals surface area contributed by atoms with Crippen LogP contribution in [0.15, 0.2) is 59.8 Å². The minimum Gasteiger partial charge on any atom is -0.305 e. The van der Waals surface area contributed by atoms with Gasteiger partial charge in [-0.1, -0.05) is 30.0 Å². The normalized spacial score (nSPS) is 13.7. The molecule has 4 heterocycles. The molecular formula is C31H36ClN7S. The Morgan fingerprint density at radius 2 is 1.62 bits per heavy atom. The van der Waals surface area contributed by atoms with Crippen molar-refractivity contribution in [1.29, 1.82) is 0 Å². The molecule has 0 fully saturated rings. The zero-order valence-electron chi connectivity index (χ0n) is 23.6. The van der Waals surface area contributed by atoms with E-state index in [9.17, 15) is 0 Å². The van der Waals surface area contributed by atoms with E-state index in [0.29, 0.717) is 0 Å². The highest BCUT2D eigenvalue weighted by Crippen LogP contribution is 2.27. The summed E-state index contributed by atoms with van der Waals surface area (Å²) in [6, 6.07) is 19.6. The molecule has 0 aliphatic carbocycles. The van der Waals surface area contributed by atoms with Crippen LogP contribution in [0.5, 0.6) is 0 Å². The van der Waals surface area contributed by atoms with E-state index in [4.69, 9.17) is 0 Å². The minimum absolute atomic E-state index is 0. The summed E-state index contributed by atoms with van der Waals surface area (Å²) in [5.74, 6) is 1.92. The van der Waals surface area contributed by atoms with Gasteiger partial charge in [0.2, 0.25) is 0 Å². The molecule has 0 atom stereocenters. The lowest BCUT2D eigenvalue weighted by atomic mass is 9.99. The first kappa shape index (κ1) is 28.3. The monoisotopic (exact) mass is 573 g/mol. The Labute approximate surface area is 246 Å². The minimum atomic E-state index is 0. The van der Waals surface area contributed by atoms with Crippen molar-refractivity contribution in [3.05, 3.63) is 77.1 Å². The van der Waals surface area contributed by atoms with Gasteiger partial charge < -0.3 is 9.47 Å². The summed E-state index contributed by atoms with van der Waals surface area (Å²) in [5.41, 5.74) is 9.59. The molecule has 0 unspecified atom stereocenters. The molecule has 0 saturated heterocycles. The van der Waals surface area contributed by atoms with E-state index in [0.717, 1.165) is 83.5 Å². The number of hydrogen-bond acceptors (Lipinski definition) is 6. The summed E-state index contributed by atoms with van der Waals surface area (Å²) in [6.07, 6.45) is 3.34. The molecule has 0 amide bonds. The third-order valence-electron chi connectivity index (χ3n) is 7.67. The van der Waals surface area contributed by atoms with Gasteiger partial charge in [-0.2, -0.15) is 5.10 Å². The summed E-state index contributed by atoms with van der Waals surface area (Å²) in [4.78, 5) is 7.22. The summed E-state index contributed by atoms with van der Waals surface area (Å²) >= 11 is 1.79. The van der Waals surface area contributed by atoms with Gasteiger partial charge in [0.05, 0.1) is 16.9 Å². The summed E-state index contributed by atoms with van der Waals surface area (Å²) in [7, 11) is 4.08. The summed E-state index contributed by atoms with van der Waals surface area (Å²) in [5, 5.41) is 15.6. The van der Waals surface area contributed by atoms with Gasteiger partial charge >= 0.3 is 0 Å². The topological polar surface area (TPSA) is 64.7 Å². The second kappa shape index (κ2) is 12.1. The molecule has 7 nitrogen and oxygen atoms in total. The highest BCUT2D eigenvalue weighted by molar-refractivity contribution is 7.99. The number of fused-ring (bicyclic) bond motifs is 2. The molecule has 0 bridgehead atoms. The van der Waals surface area contributed by atoms with Crippen molar-refractivity contribution in [1.82, 2.24) is 34.4 Å². The van der Waals surface area contributed by atoms with E-state index in [2.05, 4.69) is 92.2 Å². The second-order valence-corrected chi connectivity index (χ2v) is 11.6. The number of aryl methyl sites for hydroxylation is 3. The molecule has 1 aliphatic rings. The van der Waals surface area contributed by atoms with Gasteiger partial charge in [-0.15, -0.1) is 22.6 Å². The van der Waals surface area contributed by atoms with Crippen molar-refractivity contribution in [2.75, 3.05) is 25.4 Å². The number of aromatic nitrogens is 6. The smallest absolute Gasteiger partial charge is 0.191 e. The number of pyridine rings is 1. The van der Waals surface area contributed by atoms with Crippen LogP contribution in [0.1, 0.15) is 28.9 Å². The Morgan fingerprint density at radius 1 is 0.825 bits per heavy atom. The Kier molecular flexibility index (Phi) is 8.59. The molecule has 0 radical (unpaired) electrons. The SMILES string of the molecule is Cc1ccc2cc(-c3nnc(SCCCN4CCc5ccc(-c6cc(C)nn6C)cc5CC4)n3C)ccc2n1.Cl. The van der Waals surface area contributed by atoms with E-state index >= 15 is 0 Å². The third-order valence-corrected chi connectivity index (χ3v) is 8.78. The van der Waals surface area contributed by atoms with Crippen LogP contribution < -0.4 is 0 Å². The highest BCUT2D eigenvalue weighted by Gasteiger charge is 2.16. The van der Waals surface area contributed by atoms with E-state index in [1.165, 1.54) is 22.4 Å². The molecule has 9 heteroatoms. The average Bonchev–Trinajstić information content (AvgIpc) is 3.39. The zero-order chi connectivity index (χ0) is 26.9. The molecule has 1 aliphatic heterocycles. The Balaban J connectivity index is 0.00000323. The van der Waals surface area contributed by atoms with Crippen LogP contribution in [0.25, 0.3) is 33.5 Å². The fraction of sp³-hybridized carbons (Fsp3) is 0.355. The van der Waals surface area contributed by atoms with Gasteiger partial charge in [-0.05, 0) is 87.2 Å². The molecular weight excluding hydrogens is 538 g/mol. The lowest BCUT2D eigenvalue weighted by Gasteiger charge is -2.19. The van der Waals surface area contributed by atoms with Crippen LogP contribution in [-0.2, 0) is 26.9 Å². The number of rotatable bonds is 7. The molecule has 2 aromatic carbocycles. The van der Waals surface area contributed by atoms with Gasteiger partial charge in [-0.3, -0.25) is 9.67 Å². The summed E-state index contributed by atoms with van der Waals surface area (Å²) in [6.45, 7) is 7.40. The number of nitrogens with zero attached hydrogens (tertiary/aromatic N) is 7. The fourth-order valence-corrected chi connectivity index (χ4v) is 6.38. The standard InChI is InChI=1S/C31H35N7S.ClH/c1-21-6-7-25-20-27(10-11-28(25)32-21)30-33-34-31(36(30)3)39-17-5-14-38-15-12-23-8-9-26(19-24(23)13-16-38)29-18-22(2)35-37(29)4;/h6-11,18-20H,5,12-17H2,1-4H3;1H. The maximum Gasteiger partial charge on any atom is 0.191 e. The van der Waals surface area contributed by atoms with Crippen LogP contribution >= 0.6 is 24.2 Å². The first-order valence-electron chi connectivity index (χ1n) is 13.7. The molecule has 0 spiro atoms. The largest absolute Gasteiger partial charge is 0.305 e. The third kappa shape index (κ3) is 5.94. The van der Waals surface area contributed by atoms with Gasteiger partial charge in [-0.25, -0.2) is 0 Å². The van der Waals surface area contributed by atoms with Crippen molar-refractivity contribution >= 4 is 35.1 Å². The Morgan fingerprint density at radius 3 is 2.42 bits per heavy atom. The summed E-state index contributed by atoms with van der Waals surface area (Å²) < 4.78 is 4.09. The number of benzene rings is 2. The van der Waals surface area contributed by atoms with Crippen LogP contribution in [0.3, 0.4) is 0 Å². The Bertz CT molecular complexity index is 1640. The quantitative estimate of drug-likeness (QED) is 0.174. The lowest BCUT2D eigenvalue weighted by Crippen LogP contribution is -2.27. The van der Waals surface area contributed by atoms with Gasteiger partial charge in [0, 0.05) is 55.1 Å². The molecule has 3 aromatic heterocycles. The maximum absolute atomic E-state index is 4.61. The van der Waals surface area contributed by atoms with Crippen LogP contribution in [-0.4, -0.2) is 59.8 Å². The second-order valence-electron chi connectivity index (χ2n) is 10.5. The average molecular weight is 574 g/mol. The van der Waals surface area contributed by atoms with Crippen molar-refractivity contribution in [2.45, 2.75) is 38.3 Å². The van der Waals surface area contributed by atoms with E-state index in [-0.39, 0.29) is 12.4 Å². The molecule has 6 rings (SSSR count). The van der Waals surface area contributed by atoms with Gasteiger partial charge in [0.1, 0.15) is 0 Å². The molecule has 208 valence electrons. The van der Waals surface area contributed by atoms with Gasteiger partial charge in [0.25, 0.3) is 0 Å². The van der Waals surface area contributed by atoms with Crippen LogP contribution in [0, 0.1) is 13.8 Å². The number of thioether (sulfide) groups is 1. The number of halogens is 1. The predicted molar refractivity (Wildman–Crippen MR) is 166 cm³/mol. The molecule has 0 saturated carbocycles. The van der Waals surface area contributed by atoms with Crippen molar-refractivity contribution in [3.8, 4) is 22.6 Å². The Hall–Kier alpha value is -3.20. The first-order chi connectivity index (χ1) is 18.9. The number of hydrogen-bond donors (Lipinski definition) is 0. The van der Waals surface area contributed by atoms with Crippen molar-refractivity contribution in [2.24, 2.45) is 14.1 Å². The van der Waals surface area contributed by atoms with Crippen LogP contribution in [0.4, 0.5) is 0 Å². The van der Waals surface area contributed by atoms with Gasteiger partial charge in [0.15, 0.2) is 11.0 Å². The van der Waals surface area contributed by atoms with Crippen molar-refractivity contribution < 1.29 is 0 Å². The fourth-order valence-electron chi connectivity index (χ4n) is 5.55. The van der Waals surface area contributed by atoms with E-state index in [1.54, 1.807) is 11.8 Å². The molecule has 5 aromatic rings. The van der Waals surface area contributed by atoms with E-state index in [1.807, 2.05) is 24.7 Å². The lowest BCUT2D eigenvalue weighted by molar-refractivity contribution is 0.289. The van der Waals surface area contributed by atoms with E-state index < -0.39 is 0 Å². The molecule has 0 N–H and O–H groups in total. The maximum atomic E-state index is 4.61. The first-order valence-corrected chi connectivity index (χ1v) is 14.7. The predicted octanol–water partition coefficient (Wildman–Crippen LogP) is 6.05. The van der Waals surface area contributed by atoms with Crippen molar-refractivity contribution in [3.63, 3.8) is 0 Å². The van der Waals surface area contributed by atoms with Crippen LogP contribution in [0.2, 0.25) is 0 Å². The zero-order valence-corrected chi connectivity index (χ0v) is 25.2. The highest BCUT2D eigenvalue weighted by atomic mass is 35.5. The molecule has 40 heavy (non-hydrogen) atoms.